The van der Waals surface area contributed by atoms with E-state index in [0.29, 0.717) is 5.88 Å². The maximum absolute atomic E-state index is 5.65. The zero-order valence-electron chi connectivity index (χ0n) is 7.66. The highest BCUT2D eigenvalue weighted by Gasteiger charge is 2.09. The topological polar surface area (TPSA) is 31.4 Å². The number of hydrogen-bond donors (Lipinski definition) is 0. The molecule has 0 atom stereocenters. The normalized spacial score (nSPS) is 10.8. The molecule has 0 spiro atoms. The first-order chi connectivity index (χ1) is 6.31. The van der Waals surface area contributed by atoms with Crippen LogP contribution < -0.4 is 0 Å². The first kappa shape index (κ1) is 10.4. The first-order valence-corrected chi connectivity index (χ1v) is 4.42. The minimum atomic E-state index is -0.414. The zero-order chi connectivity index (χ0) is 9.68. The van der Waals surface area contributed by atoms with E-state index in [1.165, 1.54) is 0 Å². The molecule has 1 rings (SSSR count). The van der Waals surface area contributed by atoms with E-state index in [9.17, 15) is 0 Å². The number of halogens is 1. The van der Waals surface area contributed by atoms with E-state index in [1.54, 1.807) is 14.2 Å². The number of methoxy groups -OCH3 is 2. The van der Waals surface area contributed by atoms with Gasteiger partial charge in [0.2, 0.25) is 6.29 Å². The molecular formula is C9H12ClNO2. The van der Waals surface area contributed by atoms with Crippen molar-refractivity contribution in [1.82, 2.24) is 4.98 Å². The molecule has 0 aliphatic rings. The van der Waals surface area contributed by atoms with Crippen LogP contribution in [0.1, 0.15) is 17.7 Å². The van der Waals surface area contributed by atoms with Gasteiger partial charge in [0.15, 0.2) is 0 Å². The van der Waals surface area contributed by atoms with E-state index >= 15 is 0 Å². The molecule has 0 N–H and O–H groups in total. The third kappa shape index (κ3) is 2.66. The van der Waals surface area contributed by atoms with Gasteiger partial charge in [-0.3, -0.25) is 4.98 Å². The van der Waals surface area contributed by atoms with Crippen LogP contribution in [0.2, 0.25) is 0 Å². The van der Waals surface area contributed by atoms with E-state index in [0.717, 1.165) is 11.4 Å². The molecule has 0 aliphatic heterocycles. The summed E-state index contributed by atoms with van der Waals surface area (Å²) < 4.78 is 10.1. The van der Waals surface area contributed by atoms with Gasteiger partial charge in [0.1, 0.15) is 0 Å². The van der Waals surface area contributed by atoms with Crippen molar-refractivity contribution < 1.29 is 9.47 Å². The molecule has 1 heterocycles. The van der Waals surface area contributed by atoms with E-state index in [4.69, 9.17) is 21.1 Å². The van der Waals surface area contributed by atoms with Gasteiger partial charge in [0.05, 0.1) is 17.3 Å². The van der Waals surface area contributed by atoms with Crippen LogP contribution in [0.5, 0.6) is 0 Å². The van der Waals surface area contributed by atoms with E-state index in [-0.39, 0.29) is 0 Å². The molecule has 0 aliphatic carbocycles. The molecule has 13 heavy (non-hydrogen) atoms. The molecule has 0 aromatic carbocycles. The average Bonchev–Trinajstić information content (AvgIpc) is 2.20. The van der Waals surface area contributed by atoms with E-state index in [2.05, 4.69) is 4.98 Å². The number of aromatic nitrogens is 1. The molecule has 0 bridgehead atoms. The predicted molar refractivity (Wildman–Crippen MR) is 50.6 cm³/mol. The van der Waals surface area contributed by atoms with Crippen LogP contribution in [-0.2, 0) is 15.4 Å². The summed E-state index contributed by atoms with van der Waals surface area (Å²) in [4.78, 5) is 4.25. The lowest BCUT2D eigenvalue weighted by Crippen LogP contribution is -2.06. The summed E-state index contributed by atoms with van der Waals surface area (Å²) in [6.45, 7) is 0. The molecule has 0 radical (unpaired) electrons. The second-order valence-electron chi connectivity index (χ2n) is 2.49. The summed E-state index contributed by atoms with van der Waals surface area (Å²) >= 11 is 5.65. The molecule has 0 saturated carbocycles. The van der Waals surface area contributed by atoms with Crippen molar-refractivity contribution in [2.24, 2.45) is 0 Å². The third-order valence-electron chi connectivity index (χ3n) is 1.63. The Morgan fingerprint density at radius 2 is 2.08 bits per heavy atom. The van der Waals surface area contributed by atoms with Gasteiger partial charge < -0.3 is 9.47 Å². The van der Waals surface area contributed by atoms with Crippen LogP contribution in [-0.4, -0.2) is 19.2 Å². The number of ether oxygens (including phenoxy) is 2. The van der Waals surface area contributed by atoms with Crippen molar-refractivity contribution in [3.05, 3.63) is 29.6 Å². The number of hydrogen-bond acceptors (Lipinski definition) is 3. The van der Waals surface area contributed by atoms with Crippen molar-refractivity contribution in [1.29, 1.82) is 0 Å². The highest BCUT2D eigenvalue weighted by atomic mass is 35.5. The van der Waals surface area contributed by atoms with Crippen molar-refractivity contribution in [3.8, 4) is 0 Å². The molecule has 4 heteroatoms. The lowest BCUT2D eigenvalue weighted by atomic mass is 10.3. The van der Waals surface area contributed by atoms with Crippen molar-refractivity contribution in [2.75, 3.05) is 14.2 Å². The van der Waals surface area contributed by atoms with E-state index < -0.39 is 6.29 Å². The lowest BCUT2D eigenvalue weighted by Gasteiger charge is -2.12. The fourth-order valence-corrected chi connectivity index (χ4v) is 1.19. The van der Waals surface area contributed by atoms with Gasteiger partial charge >= 0.3 is 0 Å². The predicted octanol–water partition coefficient (Wildman–Crippen LogP) is 2.11. The largest absolute Gasteiger partial charge is 0.350 e. The van der Waals surface area contributed by atoms with Crippen LogP contribution in [0.15, 0.2) is 18.2 Å². The van der Waals surface area contributed by atoms with Gasteiger partial charge in [-0.2, -0.15) is 0 Å². The molecule has 1 aromatic rings. The third-order valence-corrected chi connectivity index (χ3v) is 1.91. The SMILES string of the molecule is COC(OC)c1cccc(CCl)n1. The van der Waals surface area contributed by atoms with Gasteiger partial charge in [-0.1, -0.05) is 6.07 Å². The second-order valence-corrected chi connectivity index (χ2v) is 2.76. The average molecular weight is 202 g/mol. The highest BCUT2D eigenvalue weighted by molar-refractivity contribution is 6.16. The lowest BCUT2D eigenvalue weighted by molar-refractivity contribution is -0.108. The molecule has 3 nitrogen and oxygen atoms in total. The molecule has 0 saturated heterocycles. The van der Waals surface area contributed by atoms with Crippen LogP contribution in [0, 0.1) is 0 Å². The molecule has 1 aromatic heterocycles. The highest BCUT2D eigenvalue weighted by Crippen LogP contribution is 2.15. The summed E-state index contributed by atoms with van der Waals surface area (Å²) in [7, 11) is 3.15. The Morgan fingerprint density at radius 3 is 2.62 bits per heavy atom. The second kappa shape index (κ2) is 5.17. The molecule has 0 unspecified atom stereocenters. The zero-order valence-corrected chi connectivity index (χ0v) is 8.41. The minimum absolute atomic E-state index is 0.397. The number of pyridine rings is 1. The molecule has 0 fully saturated rings. The van der Waals surface area contributed by atoms with Crippen molar-refractivity contribution >= 4 is 11.6 Å². The summed E-state index contributed by atoms with van der Waals surface area (Å²) in [6.07, 6.45) is -0.414. The number of rotatable bonds is 4. The van der Waals surface area contributed by atoms with Gasteiger partial charge in [0.25, 0.3) is 0 Å². The number of nitrogens with zero attached hydrogens (tertiary/aromatic N) is 1. The fourth-order valence-electron chi connectivity index (χ4n) is 1.04. The van der Waals surface area contributed by atoms with Gasteiger partial charge in [0, 0.05) is 14.2 Å². The quantitative estimate of drug-likeness (QED) is 0.552. The van der Waals surface area contributed by atoms with Crippen LogP contribution in [0.3, 0.4) is 0 Å². The minimum Gasteiger partial charge on any atom is -0.350 e. The van der Waals surface area contributed by atoms with Crippen LogP contribution in [0.25, 0.3) is 0 Å². The monoisotopic (exact) mass is 201 g/mol. The maximum atomic E-state index is 5.65. The number of alkyl halides is 1. The van der Waals surface area contributed by atoms with Gasteiger partial charge in [-0.15, -0.1) is 11.6 Å². The Morgan fingerprint density at radius 1 is 1.38 bits per heavy atom. The smallest absolute Gasteiger partial charge is 0.200 e. The standard InChI is InChI=1S/C9H12ClNO2/c1-12-9(13-2)8-5-3-4-7(6-10)11-8/h3-5,9H,6H2,1-2H3. The first-order valence-electron chi connectivity index (χ1n) is 3.89. The maximum Gasteiger partial charge on any atom is 0.200 e. The Balaban J connectivity index is 2.86. The van der Waals surface area contributed by atoms with Crippen molar-refractivity contribution in [3.63, 3.8) is 0 Å². The molecule has 0 amide bonds. The summed E-state index contributed by atoms with van der Waals surface area (Å²) in [5.41, 5.74) is 1.56. The Hall–Kier alpha value is -0.640. The fraction of sp³-hybridized carbons (Fsp3) is 0.444. The van der Waals surface area contributed by atoms with Gasteiger partial charge in [-0.25, -0.2) is 0 Å². The molecular weight excluding hydrogens is 190 g/mol. The van der Waals surface area contributed by atoms with Gasteiger partial charge in [-0.05, 0) is 12.1 Å². The van der Waals surface area contributed by atoms with Crippen LogP contribution in [0.4, 0.5) is 0 Å². The summed E-state index contributed by atoms with van der Waals surface area (Å²) in [5.74, 6) is 0.397. The van der Waals surface area contributed by atoms with E-state index in [1.807, 2.05) is 18.2 Å². The molecule has 72 valence electrons. The Kier molecular flexibility index (Phi) is 4.15. The van der Waals surface area contributed by atoms with Crippen molar-refractivity contribution in [2.45, 2.75) is 12.2 Å². The summed E-state index contributed by atoms with van der Waals surface area (Å²) in [5, 5.41) is 0. The van der Waals surface area contributed by atoms with Crippen LogP contribution >= 0.6 is 11.6 Å². The Bertz CT molecular complexity index is 264. The Labute approximate surface area is 82.6 Å². The summed E-state index contributed by atoms with van der Waals surface area (Å²) in [6, 6.07) is 5.58.